The molecule has 6 nitrogen and oxygen atoms in total. The lowest BCUT2D eigenvalue weighted by Gasteiger charge is -2.21. The zero-order valence-electron chi connectivity index (χ0n) is 37.4. The molecule has 1 aliphatic rings. The predicted octanol–water partition coefficient (Wildman–Crippen LogP) is 15.0. The van der Waals surface area contributed by atoms with E-state index < -0.39 is 0 Å². The summed E-state index contributed by atoms with van der Waals surface area (Å²) in [5.41, 5.74) is 19.2. The summed E-state index contributed by atoms with van der Waals surface area (Å²) in [7, 11) is 0. The van der Waals surface area contributed by atoms with Crippen molar-refractivity contribution in [3.63, 3.8) is 0 Å². The monoisotopic (exact) mass is 872 g/mol. The summed E-state index contributed by atoms with van der Waals surface area (Å²) >= 11 is 0. The summed E-state index contributed by atoms with van der Waals surface area (Å²) in [5, 5.41) is 2.40. The minimum absolute atomic E-state index is 0.0860. The first-order chi connectivity index (χ1) is 33.6. The van der Waals surface area contributed by atoms with Crippen LogP contribution in [-0.4, -0.2) is 31.1 Å². The van der Waals surface area contributed by atoms with Gasteiger partial charge in [-0.05, 0) is 118 Å². The van der Waals surface area contributed by atoms with Gasteiger partial charge in [0.25, 0.3) is 0 Å². The first-order valence-corrected chi connectivity index (χ1v) is 23.1. The molecule has 322 valence electrons. The van der Waals surface area contributed by atoms with Crippen molar-refractivity contribution in [2.45, 2.75) is 19.4 Å². The van der Waals surface area contributed by atoms with Gasteiger partial charge in [0.05, 0.1) is 45.6 Å². The third-order valence-corrected chi connectivity index (χ3v) is 13.1. The highest BCUT2D eigenvalue weighted by molar-refractivity contribution is 6.14. The van der Waals surface area contributed by atoms with Crippen LogP contribution in [0.3, 0.4) is 0 Å². The molecule has 0 bridgehead atoms. The highest BCUT2D eigenvalue weighted by Gasteiger charge is 2.23. The smallest absolute Gasteiger partial charge is 0.155 e. The largest absolute Gasteiger partial charge is 0.309 e. The highest BCUT2D eigenvalue weighted by atomic mass is 15.0. The molecular formula is C62H44N6. The molecule has 11 aromatic rings. The second kappa shape index (κ2) is 17.5. The fraction of sp³-hybridized carbons (Fsp3) is 0.0484. The number of aromatic nitrogens is 4. The van der Waals surface area contributed by atoms with E-state index in [0.717, 1.165) is 107 Å². The number of nitrogens with zero attached hydrogens (tertiary/aromatic N) is 6. The minimum Gasteiger partial charge on any atom is -0.309 e. The normalized spacial score (nSPS) is 13.6. The van der Waals surface area contributed by atoms with Crippen molar-refractivity contribution < 1.29 is 0 Å². The lowest BCUT2D eigenvalue weighted by Crippen LogP contribution is -2.18. The second-order valence-corrected chi connectivity index (χ2v) is 17.3. The van der Waals surface area contributed by atoms with Crippen LogP contribution in [0.4, 0.5) is 0 Å². The van der Waals surface area contributed by atoms with Gasteiger partial charge in [0.1, 0.15) is 0 Å². The Balaban J connectivity index is 0.906. The second-order valence-electron chi connectivity index (χ2n) is 17.3. The minimum atomic E-state index is -0.0860. The van der Waals surface area contributed by atoms with Gasteiger partial charge in [-0.1, -0.05) is 152 Å². The van der Waals surface area contributed by atoms with Gasteiger partial charge < -0.3 is 4.57 Å². The number of hydrogen-bond acceptors (Lipinski definition) is 5. The first kappa shape index (κ1) is 40.6. The molecule has 0 saturated heterocycles. The zero-order chi connectivity index (χ0) is 45.4. The van der Waals surface area contributed by atoms with Crippen LogP contribution < -0.4 is 0 Å². The quantitative estimate of drug-likeness (QED) is 0.145. The van der Waals surface area contributed by atoms with E-state index in [-0.39, 0.29) is 6.04 Å². The van der Waals surface area contributed by atoms with E-state index in [1.165, 1.54) is 10.8 Å². The van der Waals surface area contributed by atoms with E-state index in [0.29, 0.717) is 6.42 Å². The van der Waals surface area contributed by atoms with Crippen molar-refractivity contribution in [3.05, 3.63) is 253 Å². The molecule has 1 aliphatic heterocycles. The van der Waals surface area contributed by atoms with Crippen LogP contribution >= 0.6 is 0 Å². The Bertz CT molecular complexity index is 3660. The number of aliphatic imine (C=N–C) groups is 2. The van der Waals surface area contributed by atoms with Crippen molar-refractivity contribution in [2.75, 3.05) is 0 Å². The summed E-state index contributed by atoms with van der Waals surface area (Å²) in [6.07, 6.45) is 4.33. The van der Waals surface area contributed by atoms with Crippen LogP contribution in [0, 0.1) is 6.92 Å². The molecular weight excluding hydrogens is 829 g/mol. The number of amidine groups is 1. The topological polar surface area (TPSA) is 68.3 Å². The van der Waals surface area contributed by atoms with Crippen molar-refractivity contribution >= 4 is 33.4 Å². The van der Waals surface area contributed by atoms with Crippen LogP contribution in [0.5, 0.6) is 0 Å². The number of fused-ring (bicyclic) bond motifs is 3. The standard InChI is InChI=1S/C62H44N6/c1-41-51(39-57(54-21-11-13-35-63-54)65-61(41)46-15-5-2-6-16-46)44-27-23-42(24-28-44)48-31-33-59-52(37-48)53-38-49(32-34-60(53)68(59)50-19-9-4-10-20-50)43-25-29-45(30-26-43)56-40-58(55-22-12-14-36-64-55)67-62(66-56)47-17-7-3-8-18-47/h2-39,56H,40H2,1H3. The Labute approximate surface area is 395 Å². The van der Waals surface area contributed by atoms with Gasteiger partial charge in [0.15, 0.2) is 5.84 Å². The number of hydrogen-bond donors (Lipinski definition) is 0. The van der Waals surface area contributed by atoms with Crippen molar-refractivity contribution in [1.29, 1.82) is 0 Å². The lowest BCUT2D eigenvalue weighted by atomic mass is 9.93. The summed E-state index contributed by atoms with van der Waals surface area (Å²) < 4.78 is 2.38. The van der Waals surface area contributed by atoms with Crippen molar-refractivity contribution in [3.8, 4) is 61.7 Å². The van der Waals surface area contributed by atoms with E-state index in [2.05, 4.69) is 179 Å². The Morgan fingerprint density at radius 2 is 0.971 bits per heavy atom. The molecule has 0 N–H and O–H groups in total. The van der Waals surface area contributed by atoms with Crippen LogP contribution in [-0.2, 0) is 0 Å². The van der Waals surface area contributed by atoms with Crippen LogP contribution in [0.1, 0.15) is 34.8 Å². The Morgan fingerprint density at radius 3 is 1.57 bits per heavy atom. The molecule has 0 radical (unpaired) electrons. The van der Waals surface area contributed by atoms with Gasteiger partial charge in [-0.3, -0.25) is 15.0 Å². The number of para-hydroxylation sites is 1. The lowest BCUT2D eigenvalue weighted by molar-refractivity contribution is 0.752. The summed E-state index contributed by atoms with van der Waals surface area (Å²) in [5.74, 6) is 0.735. The molecule has 0 fully saturated rings. The maximum Gasteiger partial charge on any atom is 0.155 e. The van der Waals surface area contributed by atoms with Crippen LogP contribution in [0.2, 0.25) is 0 Å². The third-order valence-electron chi connectivity index (χ3n) is 13.1. The van der Waals surface area contributed by atoms with Crippen LogP contribution in [0.25, 0.3) is 83.5 Å². The van der Waals surface area contributed by atoms with E-state index in [1.54, 1.807) is 0 Å². The molecule has 1 unspecified atom stereocenters. The Hall–Kier alpha value is -8.87. The predicted molar refractivity (Wildman–Crippen MR) is 279 cm³/mol. The molecule has 12 rings (SSSR count). The summed E-state index contributed by atoms with van der Waals surface area (Å²) in [4.78, 5) is 24.6. The Kier molecular flexibility index (Phi) is 10.5. The first-order valence-electron chi connectivity index (χ1n) is 23.1. The molecule has 68 heavy (non-hydrogen) atoms. The summed E-state index contributed by atoms with van der Waals surface area (Å²) in [6.45, 7) is 2.17. The van der Waals surface area contributed by atoms with E-state index in [1.807, 2.05) is 73.1 Å². The molecule has 1 atom stereocenters. The molecule has 7 aromatic carbocycles. The molecule has 0 aliphatic carbocycles. The van der Waals surface area contributed by atoms with Crippen molar-refractivity contribution in [2.24, 2.45) is 9.98 Å². The number of rotatable bonds is 9. The fourth-order valence-corrected chi connectivity index (χ4v) is 9.60. The van der Waals surface area contributed by atoms with Gasteiger partial charge in [-0.25, -0.2) is 9.98 Å². The maximum atomic E-state index is 5.19. The molecule has 4 aromatic heterocycles. The van der Waals surface area contributed by atoms with Gasteiger partial charge in [-0.2, -0.15) is 0 Å². The fourth-order valence-electron chi connectivity index (χ4n) is 9.60. The van der Waals surface area contributed by atoms with Crippen molar-refractivity contribution in [1.82, 2.24) is 19.5 Å². The summed E-state index contributed by atoms with van der Waals surface area (Å²) in [6, 6.07) is 77.0. The zero-order valence-corrected chi connectivity index (χ0v) is 37.4. The van der Waals surface area contributed by atoms with Gasteiger partial charge in [0, 0.05) is 46.4 Å². The van der Waals surface area contributed by atoms with Gasteiger partial charge >= 0.3 is 0 Å². The molecule has 0 saturated carbocycles. The van der Waals surface area contributed by atoms with Crippen LogP contribution in [0.15, 0.2) is 241 Å². The number of pyridine rings is 3. The van der Waals surface area contributed by atoms with E-state index in [9.17, 15) is 0 Å². The molecule has 5 heterocycles. The van der Waals surface area contributed by atoms with Gasteiger partial charge in [0.2, 0.25) is 0 Å². The van der Waals surface area contributed by atoms with E-state index >= 15 is 0 Å². The third kappa shape index (κ3) is 7.68. The van der Waals surface area contributed by atoms with Gasteiger partial charge in [-0.15, -0.1) is 0 Å². The Morgan fingerprint density at radius 1 is 0.441 bits per heavy atom. The molecule has 0 amide bonds. The highest BCUT2D eigenvalue weighted by Crippen LogP contribution is 2.40. The average molecular weight is 873 g/mol. The van der Waals surface area contributed by atoms with E-state index in [4.69, 9.17) is 15.0 Å². The SMILES string of the molecule is Cc1c(-c2ccc(-c3ccc4c(c3)c3cc(-c5ccc(C6CC(c7ccccn7)=NC(c7ccccc7)=N6)cc5)ccc3n4-c3ccccc3)cc2)cc(-c2ccccn2)nc1-c1ccccc1. The number of benzene rings is 7. The molecule has 6 heteroatoms. The molecule has 0 spiro atoms. The maximum absolute atomic E-state index is 5.19. The average Bonchev–Trinajstić information content (AvgIpc) is 3.75.